The Bertz CT molecular complexity index is 3430. The number of aromatic hydroxyl groups is 6. The van der Waals surface area contributed by atoms with Crippen molar-refractivity contribution in [3.05, 3.63) is 247 Å². The molecule has 6 radical (unpaired) electrons. The number of phenols is 6. The molecule has 13 heteroatoms. The summed E-state index contributed by atoms with van der Waals surface area (Å²) in [5.74, 6) is 32.9. The van der Waals surface area contributed by atoms with Crippen molar-refractivity contribution in [3.63, 3.8) is 0 Å². The number of halogens is 1. The molecule has 6 N–H and O–H groups in total. The van der Waals surface area contributed by atoms with E-state index in [9.17, 15) is 25.5 Å². The third kappa shape index (κ3) is 25.3. The summed E-state index contributed by atoms with van der Waals surface area (Å²) in [6.07, 6.45) is 5.37. The molecule has 0 bridgehead atoms. The van der Waals surface area contributed by atoms with Gasteiger partial charge in [0.15, 0.2) is 0 Å². The molecule has 0 fully saturated rings. The molecule has 73 heavy (non-hydrogen) atoms. The van der Waals surface area contributed by atoms with Crippen LogP contribution in [0.2, 0.25) is 0 Å². The Hall–Kier alpha value is -0.701. The van der Waals surface area contributed by atoms with E-state index in [0.29, 0.717) is 55.8 Å². The Morgan fingerprint density at radius 1 is 0.260 bits per heavy atom. The molecule has 0 saturated heterocycles. The van der Waals surface area contributed by atoms with Gasteiger partial charge >= 0.3 is 0 Å². The third-order valence-electron chi connectivity index (χ3n) is 9.16. The summed E-state index contributed by atoms with van der Waals surface area (Å²) in [5.41, 5.74) is 6.67. The second kappa shape index (κ2) is 39.6. The van der Waals surface area contributed by atoms with Gasteiger partial charge in [0, 0.05) is 298 Å². The summed E-state index contributed by atoms with van der Waals surface area (Å²) >= 11 is 2.07. The van der Waals surface area contributed by atoms with Crippen LogP contribution in [-0.2, 0) is 0 Å². The molecule has 8 rings (SSSR count). The number of rotatable bonds is 0. The number of hydrogen-bond donors (Lipinski definition) is 6. The molecule has 8 aromatic carbocycles. The zero-order valence-electron chi connectivity index (χ0n) is 38.9. The van der Waals surface area contributed by atoms with Crippen LogP contribution in [0.3, 0.4) is 0 Å². The van der Waals surface area contributed by atoms with Gasteiger partial charge in [0.2, 0.25) is 0 Å². The molecule has 0 heterocycles. The molecule has 0 saturated carbocycles. The second-order valence-electron chi connectivity index (χ2n) is 14.0. The Balaban J connectivity index is 0.00000117. The molecule has 8 aromatic rings. The molecule has 0 amide bonds. The van der Waals surface area contributed by atoms with Gasteiger partial charge in [-0.2, -0.15) is 0 Å². The minimum Gasteiger partial charge on any atom is -0.507 e. The van der Waals surface area contributed by atoms with E-state index < -0.39 is 0 Å². The Kier molecular flexibility index (Phi) is 39.2. The van der Waals surface area contributed by atoms with E-state index in [-0.39, 0.29) is 293 Å². The van der Waals surface area contributed by atoms with Gasteiger partial charge in [-0.25, -0.2) is 0 Å². The van der Waals surface area contributed by atoms with Crippen molar-refractivity contribution in [1.82, 2.24) is 0 Å². The normalized spacial score (nSPS) is 8.55. The fraction of sp³-hybridized carbons (Fsp3) is 0. The number of para-hydroxylation sites is 2. The van der Waals surface area contributed by atoms with Crippen molar-refractivity contribution in [2.75, 3.05) is 0 Å². The first-order valence-corrected chi connectivity index (χ1v) is 21.3. The summed E-state index contributed by atoms with van der Waals surface area (Å²) < 4.78 is 0.894. The fourth-order valence-electron chi connectivity index (χ4n) is 5.64. The van der Waals surface area contributed by atoms with Crippen molar-refractivity contribution in [1.29, 1.82) is 0 Å². The van der Waals surface area contributed by atoms with Crippen LogP contribution in [0.4, 0.5) is 0 Å². The van der Waals surface area contributed by atoms with Crippen LogP contribution >= 0.6 is 22.6 Å². The van der Waals surface area contributed by atoms with Gasteiger partial charge in [0.25, 0.3) is 0 Å². The molecule has 338 valence electrons. The van der Waals surface area contributed by atoms with Gasteiger partial charge in [-0.15, -0.1) is 6.42 Å². The van der Waals surface area contributed by atoms with Gasteiger partial charge in [-0.1, -0.05) is 126 Å². The number of terminal acetylenes is 1. The standard InChI is InChI=1S/C30H18O3.C24H14O2.C6H5IO.6Ac/c31-28-9-5-4-8-25(28)15-11-23-13-18-30(33)27(20-23)17-12-24-14-19-29(32)26(21-24)16-10-22-6-2-1-3-7-22;1-2-18-10-14-23(25)21(16-18)13-9-20-11-15-24(26)22(17-20)12-8-19-6-4-3-5-7-19;7-5-3-1-2-4-6(5)8;;;;;;/h1-9,13-14,18-21,31-33H;1,3-7,10-11,14-17,25-26H;1-4,8H;;;;;;. The van der Waals surface area contributed by atoms with E-state index in [4.69, 9.17) is 11.5 Å². The van der Waals surface area contributed by atoms with E-state index >= 15 is 0 Å². The minimum atomic E-state index is 0. The van der Waals surface area contributed by atoms with Crippen molar-refractivity contribution < 1.29 is 295 Å². The Labute approximate surface area is 656 Å². The van der Waals surface area contributed by atoms with Crippen LogP contribution in [0.15, 0.2) is 182 Å². The molecule has 0 aliphatic carbocycles. The van der Waals surface area contributed by atoms with E-state index in [2.05, 4.69) is 87.7 Å². The predicted molar refractivity (Wildman–Crippen MR) is 272 cm³/mol. The average Bonchev–Trinajstić information content (AvgIpc) is 3.35. The maximum Gasteiger partial charge on any atom is 0.131 e. The van der Waals surface area contributed by atoms with Crippen molar-refractivity contribution >= 4 is 22.6 Å². The third-order valence-corrected chi connectivity index (χ3v) is 10.1. The number of benzene rings is 8. The molecule has 0 aliphatic rings. The molecular weight excluding hydrogens is 2310 g/mol. The first-order chi connectivity index (χ1) is 32.5. The van der Waals surface area contributed by atoms with Gasteiger partial charge in [0.1, 0.15) is 34.5 Å². The van der Waals surface area contributed by atoms with Crippen LogP contribution in [0.5, 0.6) is 34.5 Å². The van der Waals surface area contributed by atoms with Gasteiger partial charge in [0.05, 0.1) is 31.4 Å². The van der Waals surface area contributed by atoms with Crippen LogP contribution < -0.4 is 0 Å². The van der Waals surface area contributed by atoms with E-state index in [1.165, 1.54) is 12.1 Å². The predicted octanol–water partition coefficient (Wildman–Crippen LogP) is 10.9. The Morgan fingerprint density at radius 3 is 0.863 bits per heavy atom. The summed E-state index contributed by atoms with van der Waals surface area (Å²) in [4.78, 5) is 0. The van der Waals surface area contributed by atoms with Crippen molar-refractivity contribution in [2.45, 2.75) is 0 Å². The van der Waals surface area contributed by atoms with E-state index in [1.807, 2.05) is 72.8 Å². The number of hydrogen-bond acceptors (Lipinski definition) is 6. The smallest absolute Gasteiger partial charge is 0.131 e. The minimum absolute atomic E-state index is 0. The monoisotopic (exact) mass is 2340 g/mol. The first-order valence-electron chi connectivity index (χ1n) is 20.2. The van der Waals surface area contributed by atoms with Crippen LogP contribution in [0.1, 0.15) is 61.2 Å². The van der Waals surface area contributed by atoms with Gasteiger partial charge < -0.3 is 30.6 Å². The molecule has 0 atom stereocenters. The molecule has 0 aromatic heterocycles. The maximum atomic E-state index is 10.2. The molecule has 6 nitrogen and oxygen atoms in total. The maximum absolute atomic E-state index is 10.2. The molecule has 0 spiro atoms. The largest absolute Gasteiger partial charge is 0.507 e. The molecular formula is C60H37Ac6IO6. The number of phenolic OH excluding ortho intramolecular Hbond substituents is 6. The molecule has 0 aliphatic heterocycles. The van der Waals surface area contributed by atoms with Crippen LogP contribution in [-0.4, -0.2) is 30.6 Å². The van der Waals surface area contributed by atoms with Crippen LogP contribution in [0, 0.1) is 339 Å². The fourth-order valence-corrected chi connectivity index (χ4v) is 6.03. The summed E-state index contributed by atoms with van der Waals surface area (Å²) in [6.45, 7) is 0. The van der Waals surface area contributed by atoms with Gasteiger partial charge in [-0.3, -0.25) is 0 Å². The van der Waals surface area contributed by atoms with E-state index in [0.717, 1.165) is 14.7 Å². The second-order valence-corrected chi connectivity index (χ2v) is 15.2. The SMILES string of the molecule is C#Cc1ccc(O)c(C#Cc2ccc(O)c(C#Cc3ccccc3)c2)c1.Oc1ccccc1C#Cc1ccc(O)c(C#Cc2ccc(O)c(C#Cc3ccccc3)c2)c1.Oc1ccccc1I.[Ac].[Ac].[Ac].[Ac].[Ac].[Ac]. The summed E-state index contributed by atoms with van der Waals surface area (Å²) in [6, 6.07) is 52.7. The summed E-state index contributed by atoms with van der Waals surface area (Å²) in [5, 5.41) is 59.0. The van der Waals surface area contributed by atoms with Gasteiger partial charge in [-0.05, 0) is 144 Å². The Morgan fingerprint density at radius 2 is 0.534 bits per heavy atom. The molecule has 0 unspecified atom stereocenters. The quantitative estimate of drug-likeness (QED) is 0.0665. The zero-order chi connectivity index (χ0) is 47.4. The first kappa shape index (κ1) is 72.3. The van der Waals surface area contributed by atoms with Crippen LogP contribution in [0.25, 0.3) is 0 Å². The van der Waals surface area contributed by atoms with Crippen molar-refractivity contribution in [2.24, 2.45) is 0 Å². The summed E-state index contributed by atoms with van der Waals surface area (Å²) in [7, 11) is 0. The van der Waals surface area contributed by atoms with Crippen molar-refractivity contribution in [3.8, 4) is 106 Å². The van der Waals surface area contributed by atoms with E-state index in [1.54, 1.807) is 97.1 Å². The topological polar surface area (TPSA) is 121 Å². The zero-order valence-corrected chi connectivity index (χ0v) is 69.6. The average molecular weight is 2340 g/mol.